The normalized spacial score (nSPS) is 10.3. The molecular formula is C18H21BO. The summed E-state index contributed by atoms with van der Waals surface area (Å²) in [6.45, 7) is 4.98. The van der Waals surface area contributed by atoms with Crippen LogP contribution in [0.2, 0.25) is 13.6 Å². The molecule has 20 heavy (non-hydrogen) atoms. The minimum Gasteiger partial charge on any atom is -0.294 e. The van der Waals surface area contributed by atoms with E-state index in [4.69, 9.17) is 0 Å². The van der Waals surface area contributed by atoms with Crippen molar-refractivity contribution in [1.29, 1.82) is 0 Å². The smallest absolute Gasteiger partial charge is 0.169 e. The van der Waals surface area contributed by atoms with Crippen LogP contribution in [0, 0.1) is 0 Å². The van der Waals surface area contributed by atoms with Gasteiger partial charge in [0.25, 0.3) is 0 Å². The lowest BCUT2D eigenvalue weighted by molar-refractivity contribution is 0.0980. The van der Waals surface area contributed by atoms with E-state index in [1.165, 1.54) is 11.0 Å². The summed E-state index contributed by atoms with van der Waals surface area (Å²) in [5, 5.41) is 0. The highest BCUT2D eigenvalue weighted by Gasteiger charge is 2.05. The predicted molar refractivity (Wildman–Crippen MR) is 87.3 cm³/mol. The number of ketones is 1. The van der Waals surface area contributed by atoms with E-state index in [0.29, 0.717) is 13.1 Å². The molecule has 2 rings (SSSR count). The molecule has 2 heteroatoms. The van der Waals surface area contributed by atoms with Gasteiger partial charge in [-0.15, -0.1) is 0 Å². The molecule has 0 saturated carbocycles. The maximum absolute atomic E-state index is 12.0. The zero-order chi connectivity index (χ0) is 14.4. The molecule has 0 spiro atoms. The predicted octanol–water partition coefficient (Wildman–Crippen LogP) is 3.85. The van der Waals surface area contributed by atoms with E-state index in [1.54, 1.807) is 0 Å². The SMILES string of the molecule is CB(C)c1ccc(CCCC(=O)c2ccccc2)cc1. The summed E-state index contributed by atoms with van der Waals surface area (Å²) in [4.78, 5) is 12.0. The fourth-order valence-electron chi connectivity index (χ4n) is 2.29. The van der Waals surface area contributed by atoms with Crippen molar-refractivity contribution in [2.24, 2.45) is 0 Å². The molecule has 0 aliphatic heterocycles. The van der Waals surface area contributed by atoms with E-state index in [9.17, 15) is 4.79 Å². The Hall–Kier alpha value is -1.83. The topological polar surface area (TPSA) is 17.1 Å². The summed E-state index contributed by atoms with van der Waals surface area (Å²) in [7, 11) is 0. The van der Waals surface area contributed by atoms with Crippen molar-refractivity contribution in [3.63, 3.8) is 0 Å². The molecule has 102 valence electrons. The Morgan fingerprint density at radius 1 is 0.950 bits per heavy atom. The Bertz CT molecular complexity index is 543. The van der Waals surface area contributed by atoms with Gasteiger partial charge in [-0.1, -0.05) is 73.7 Å². The van der Waals surface area contributed by atoms with Crippen LogP contribution in [0.1, 0.15) is 28.8 Å². The van der Waals surface area contributed by atoms with Gasteiger partial charge in [0.05, 0.1) is 0 Å². The van der Waals surface area contributed by atoms with Crippen molar-refractivity contribution in [3.05, 3.63) is 65.7 Å². The molecule has 0 radical (unpaired) electrons. The Morgan fingerprint density at radius 2 is 1.60 bits per heavy atom. The summed E-state index contributed by atoms with van der Waals surface area (Å²) >= 11 is 0. The summed E-state index contributed by atoms with van der Waals surface area (Å²) in [6, 6.07) is 18.3. The minimum atomic E-state index is 0.240. The molecule has 0 N–H and O–H groups in total. The largest absolute Gasteiger partial charge is 0.294 e. The molecule has 0 aliphatic rings. The minimum absolute atomic E-state index is 0.240. The van der Waals surface area contributed by atoms with Crippen molar-refractivity contribution in [3.8, 4) is 0 Å². The van der Waals surface area contributed by atoms with E-state index in [-0.39, 0.29) is 5.78 Å². The van der Waals surface area contributed by atoms with Crippen LogP contribution in [0.5, 0.6) is 0 Å². The highest BCUT2D eigenvalue weighted by Crippen LogP contribution is 2.09. The molecule has 0 amide bonds. The summed E-state index contributed by atoms with van der Waals surface area (Å²) in [5.41, 5.74) is 3.51. The van der Waals surface area contributed by atoms with Crippen molar-refractivity contribution in [2.45, 2.75) is 32.9 Å². The maximum atomic E-state index is 12.0. The molecule has 2 aromatic carbocycles. The lowest BCUT2D eigenvalue weighted by atomic mass is 9.49. The molecule has 1 nitrogen and oxygen atoms in total. The first-order chi connectivity index (χ1) is 9.66. The van der Waals surface area contributed by atoms with Crippen molar-refractivity contribution < 1.29 is 4.79 Å². The van der Waals surface area contributed by atoms with Crippen LogP contribution in [0.3, 0.4) is 0 Å². The molecular weight excluding hydrogens is 243 g/mol. The quantitative estimate of drug-likeness (QED) is 0.572. The molecule has 0 bridgehead atoms. The van der Waals surface area contributed by atoms with E-state index in [0.717, 1.165) is 18.4 Å². The standard InChI is InChI=1S/C18H21BO/c1-19(2)17-13-11-15(12-14-17)7-6-10-18(20)16-8-4-3-5-9-16/h3-5,8-9,11-14H,6-7,10H2,1-2H3. The van der Waals surface area contributed by atoms with Crippen LogP contribution < -0.4 is 5.46 Å². The van der Waals surface area contributed by atoms with Gasteiger partial charge in [-0.2, -0.15) is 0 Å². The second-order valence-corrected chi connectivity index (χ2v) is 5.54. The van der Waals surface area contributed by atoms with Crippen LogP contribution in [-0.2, 0) is 6.42 Å². The second-order valence-electron chi connectivity index (χ2n) is 5.54. The average molecular weight is 264 g/mol. The first kappa shape index (κ1) is 14.6. The molecule has 0 atom stereocenters. The first-order valence-corrected chi connectivity index (χ1v) is 7.34. The molecule has 0 saturated heterocycles. The van der Waals surface area contributed by atoms with Crippen molar-refractivity contribution >= 4 is 18.0 Å². The van der Waals surface area contributed by atoms with Gasteiger partial charge in [0.1, 0.15) is 0 Å². The van der Waals surface area contributed by atoms with Gasteiger partial charge in [0.2, 0.25) is 0 Å². The van der Waals surface area contributed by atoms with Gasteiger partial charge >= 0.3 is 0 Å². The van der Waals surface area contributed by atoms with Crippen molar-refractivity contribution in [1.82, 2.24) is 0 Å². The third-order valence-corrected chi connectivity index (χ3v) is 3.61. The summed E-state index contributed by atoms with van der Waals surface area (Å²) in [5.74, 6) is 0.240. The lowest BCUT2D eigenvalue weighted by Gasteiger charge is -2.05. The van der Waals surface area contributed by atoms with E-state index in [1.807, 2.05) is 30.3 Å². The van der Waals surface area contributed by atoms with Gasteiger partial charge in [-0.25, -0.2) is 0 Å². The van der Waals surface area contributed by atoms with Gasteiger partial charge in [-0.05, 0) is 18.4 Å². The van der Waals surface area contributed by atoms with Gasteiger partial charge < -0.3 is 0 Å². The van der Waals surface area contributed by atoms with Gasteiger partial charge in [-0.3, -0.25) is 4.79 Å². The van der Waals surface area contributed by atoms with Crippen LogP contribution in [0.4, 0.5) is 0 Å². The lowest BCUT2D eigenvalue weighted by Crippen LogP contribution is -2.21. The number of aryl methyl sites for hydroxylation is 1. The highest BCUT2D eigenvalue weighted by atomic mass is 16.1. The first-order valence-electron chi connectivity index (χ1n) is 7.34. The zero-order valence-electron chi connectivity index (χ0n) is 12.3. The number of carbonyl (C=O) groups excluding carboxylic acids is 1. The zero-order valence-corrected chi connectivity index (χ0v) is 12.3. The fourth-order valence-corrected chi connectivity index (χ4v) is 2.29. The Balaban J connectivity index is 1.82. The van der Waals surface area contributed by atoms with Crippen LogP contribution in [-0.4, -0.2) is 12.5 Å². The second kappa shape index (κ2) is 7.09. The molecule has 0 aromatic heterocycles. The maximum Gasteiger partial charge on any atom is 0.169 e. The molecule has 0 heterocycles. The van der Waals surface area contributed by atoms with E-state index in [2.05, 4.69) is 37.9 Å². The number of carbonyl (C=O) groups is 1. The number of hydrogen-bond donors (Lipinski definition) is 0. The Kier molecular flexibility index (Phi) is 5.17. The number of Topliss-reactive ketones (excluding diaryl/α,β-unsaturated/α-hetero) is 1. The molecule has 0 aliphatic carbocycles. The fraction of sp³-hybridized carbons (Fsp3) is 0.278. The molecule has 2 aromatic rings. The van der Waals surface area contributed by atoms with Gasteiger partial charge in [0.15, 0.2) is 12.5 Å². The van der Waals surface area contributed by atoms with E-state index >= 15 is 0 Å². The number of rotatable bonds is 6. The van der Waals surface area contributed by atoms with Crippen molar-refractivity contribution in [2.75, 3.05) is 0 Å². The van der Waals surface area contributed by atoms with Crippen LogP contribution >= 0.6 is 0 Å². The molecule has 0 unspecified atom stereocenters. The average Bonchev–Trinajstić information content (AvgIpc) is 2.48. The number of hydrogen-bond acceptors (Lipinski definition) is 1. The summed E-state index contributed by atoms with van der Waals surface area (Å²) < 4.78 is 0. The number of benzene rings is 2. The third kappa shape index (κ3) is 4.09. The van der Waals surface area contributed by atoms with Crippen LogP contribution in [0.15, 0.2) is 54.6 Å². The highest BCUT2D eigenvalue weighted by molar-refractivity contribution is 6.70. The Labute approximate surface area is 122 Å². The van der Waals surface area contributed by atoms with Crippen LogP contribution in [0.25, 0.3) is 0 Å². The third-order valence-electron chi connectivity index (χ3n) is 3.61. The Morgan fingerprint density at radius 3 is 2.20 bits per heavy atom. The molecule has 0 fully saturated rings. The van der Waals surface area contributed by atoms with Gasteiger partial charge in [0, 0.05) is 12.0 Å². The monoisotopic (exact) mass is 264 g/mol. The summed E-state index contributed by atoms with van der Waals surface area (Å²) in [6.07, 6.45) is 2.50. The van der Waals surface area contributed by atoms with E-state index < -0.39 is 0 Å².